The Labute approximate surface area is 119 Å². The molecule has 3 aromatic rings. The van der Waals surface area contributed by atoms with E-state index in [1.165, 1.54) is 10.6 Å². The Morgan fingerprint density at radius 1 is 1.14 bits per heavy atom. The largest absolute Gasteiger partial charge is 0.365 e. The van der Waals surface area contributed by atoms with Gasteiger partial charge in [-0.2, -0.15) is 0 Å². The van der Waals surface area contributed by atoms with Gasteiger partial charge in [-0.3, -0.25) is 14.2 Å². The molecule has 3 rings (SSSR count). The van der Waals surface area contributed by atoms with Gasteiger partial charge in [-0.1, -0.05) is 0 Å². The molecule has 7 nitrogen and oxygen atoms in total. The first-order chi connectivity index (χ1) is 10.2. The molecule has 1 amide bonds. The number of carbonyl (C=O) groups excluding carboxylic acids is 1. The number of pyridine rings is 2. The van der Waals surface area contributed by atoms with E-state index in [2.05, 4.69) is 15.0 Å². The Morgan fingerprint density at radius 2 is 1.86 bits per heavy atom. The lowest BCUT2D eigenvalue weighted by molar-refractivity contribution is 0.0998. The first kappa shape index (κ1) is 12.9. The average molecular weight is 281 g/mol. The molecule has 0 saturated heterocycles. The van der Waals surface area contributed by atoms with E-state index in [0.29, 0.717) is 16.9 Å². The Hall–Kier alpha value is -3.09. The van der Waals surface area contributed by atoms with E-state index in [4.69, 9.17) is 5.73 Å². The van der Waals surface area contributed by atoms with Crippen molar-refractivity contribution in [1.82, 2.24) is 19.5 Å². The van der Waals surface area contributed by atoms with Gasteiger partial charge in [0.1, 0.15) is 17.0 Å². The summed E-state index contributed by atoms with van der Waals surface area (Å²) in [5, 5.41) is 0.654. The van der Waals surface area contributed by atoms with Crippen LogP contribution in [0.25, 0.3) is 11.0 Å². The minimum Gasteiger partial charge on any atom is -0.365 e. The number of fused-ring (bicyclic) bond motifs is 1. The van der Waals surface area contributed by atoms with Crippen molar-refractivity contribution in [2.75, 3.05) is 0 Å². The van der Waals surface area contributed by atoms with Crippen molar-refractivity contribution >= 4 is 16.9 Å². The van der Waals surface area contributed by atoms with Crippen LogP contribution in [0.4, 0.5) is 0 Å². The van der Waals surface area contributed by atoms with E-state index in [1.807, 2.05) is 0 Å². The highest BCUT2D eigenvalue weighted by Crippen LogP contribution is 2.11. The molecule has 0 bridgehead atoms. The zero-order valence-corrected chi connectivity index (χ0v) is 10.9. The van der Waals surface area contributed by atoms with Crippen molar-refractivity contribution in [3.8, 4) is 0 Å². The summed E-state index contributed by atoms with van der Waals surface area (Å²) in [5.74, 6) is -0.318. The van der Waals surface area contributed by atoms with Gasteiger partial charge >= 0.3 is 0 Å². The number of rotatable bonds is 3. The summed E-state index contributed by atoms with van der Waals surface area (Å²) in [6.07, 6.45) is 4.75. The number of hydrogen-bond acceptors (Lipinski definition) is 5. The molecule has 0 fully saturated rings. The van der Waals surface area contributed by atoms with E-state index in [0.717, 1.165) is 0 Å². The van der Waals surface area contributed by atoms with Crippen molar-refractivity contribution in [2.24, 2.45) is 5.73 Å². The molecule has 0 radical (unpaired) electrons. The molecule has 3 heterocycles. The SMILES string of the molecule is NC(=O)c1cc2cccnc2n(Cc2ncccn2)c1=O. The Bertz CT molecular complexity index is 873. The molecule has 2 N–H and O–H groups in total. The van der Waals surface area contributed by atoms with Crippen LogP contribution < -0.4 is 11.3 Å². The van der Waals surface area contributed by atoms with Crippen LogP contribution in [0.5, 0.6) is 0 Å². The van der Waals surface area contributed by atoms with E-state index in [9.17, 15) is 9.59 Å². The highest BCUT2D eigenvalue weighted by Gasteiger charge is 2.14. The molecule has 104 valence electrons. The fourth-order valence-corrected chi connectivity index (χ4v) is 2.08. The van der Waals surface area contributed by atoms with Crippen molar-refractivity contribution in [1.29, 1.82) is 0 Å². The van der Waals surface area contributed by atoms with Crippen LogP contribution >= 0.6 is 0 Å². The molecule has 0 aliphatic heterocycles. The van der Waals surface area contributed by atoms with Gasteiger partial charge in [0.2, 0.25) is 0 Å². The summed E-state index contributed by atoms with van der Waals surface area (Å²) in [5.41, 5.74) is 5.15. The maximum Gasteiger partial charge on any atom is 0.265 e. The number of carbonyl (C=O) groups is 1. The lowest BCUT2D eigenvalue weighted by Crippen LogP contribution is -2.30. The van der Waals surface area contributed by atoms with Gasteiger partial charge in [0.05, 0.1) is 6.54 Å². The predicted octanol–water partition coefficient (Wildman–Crippen LogP) is 0.334. The zero-order chi connectivity index (χ0) is 14.8. The fourth-order valence-electron chi connectivity index (χ4n) is 2.08. The van der Waals surface area contributed by atoms with Crippen molar-refractivity contribution < 1.29 is 4.79 Å². The Balaban J connectivity index is 2.26. The monoisotopic (exact) mass is 281 g/mol. The normalized spacial score (nSPS) is 10.7. The van der Waals surface area contributed by atoms with Crippen LogP contribution in [0.1, 0.15) is 16.2 Å². The lowest BCUT2D eigenvalue weighted by Gasteiger charge is -2.10. The third-order valence-corrected chi connectivity index (χ3v) is 3.03. The van der Waals surface area contributed by atoms with Crippen LogP contribution in [0.2, 0.25) is 0 Å². The van der Waals surface area contributed by atoms with E-state index in [-0.39, 0.29) is 12.1 Å². The first-order valence-electron chi connectivity index (χ1n) is 6.21. The second kappa shape index (κ2) is 5.12. The quantitative estimate of drug-likeness (QED) is 0.745. The first-order valence-corrected chi connectivity index (χ1v) is 6.21. The summed E-state index contributed by atoms with van der Waals surface area (Å²) in [7, 11) is 0. The van der Waals surface area contributed by atoms with Gasteiger partial charge in [0.15, 0.2) is 0 Å². The molecule has 0 aromatic carbocycles. The topological polar surface area (TPSA) is 104 Å². The minimum absolute atomic E-state index is 0.0774. The number of nitrogens with zero attached hydrogens (tertiary/aromatic N) is 4. The minimum atomic E-state index is -0.770. The molecule has 0 unspecified atom stereocenters. The van der Waals surface area contributed by atoms with Gasteiger partial charge in [-0.15, -0.1) is 0 Å². The molecule has 0 atom stereocenters. The van der Waals surface area contributed by atoms with Crippen LogP contribution in [0.3, 0.4) is 0 Å². The van der Waals surface area contributed by atoms with Gasteiger partial charge in [0.25, 0.3) is 11.5 Å². The zero-order valence-electron chi connectivity index (χ0n) is 10.9. The Morgan fingerprint density at radius 3 is 2.57 bits per heavy atom. The van der Waals surface area contributed by atoms with Crippen LogP contribution in [0, 0.1) is 0 Å². The van der Waals surface area contributed by atoms with E-state index < -0.39 is 11.5 Å². The second-order valence-corrected chi connectivity index (χ2v) is 4.39. The molecule has 3 aromatic heterocycles. The highest BCUT2D eigenvalue weighted by atomic mass is 16.2. The molecule has 21 heavy (non-hydrogen) atoms. The summed E-state index contributed by atoms with van der Waals surface area (Å²) >= 11 is 0. The van der Waals surface area contributed by atoms with E-state index >= 15 is 0 Å². The standard InChI is InChI=1S/C14H11N5O2/c15-12(20)10-7-9-3-1-4-18-13(9)19(14(10)21)8-11-16-5-2-6-17-11/h1-7H,8H2,(H2,15,20). The molecular formula is C14H11N5O2. The second-order valence-electron chi connectivity index (χ2n) is 4.39. The maximum absolute atomic E-state index is 12.4. The molecule has 0 aliphatic carbocycles. The number of nitrogens with two attached hydrogens (primary N) is 1. The maximum atomic E-state index is 12.4. The predicted molar refractivity (Wildman–Crippen MR) is 75.7 cm³/mol. The fraction of sp³-hybridized carbons (Fsp3) is 0.0714. The summed E-state index contributed by atoms with van der Waals surface area (Å²) in [6.45, 7) is 0.119. The number of amides is 1. The third-order valence-electron chi connectivity index (χ3n) is 3.03. The average Bonchev–Trinajstić information content (AvgIpc) is 2.50. The number of hydrogen-bond donors (Lipinski definition) is 1. The smallest absolute Gasteiger partial charge is 0.265 e. The number of primary amides is 1. The van der Waals surface area contributed by atoms with Crippen LogP contribution in [-0.4, -0.2) is 25.4 Å². The molecule has 0 spiro atoms. The molecular weight excluding hydrogens is 270 g/mol. The lowest BCUT2D eigenvalue weighted by atomic mass is 10.2. The van der Waals surface area contributed by atoms with Crippen molar-refractivity contribution in [3.63, 3.8) is 0 Å². The van der Waals surface area contributed by atoms with Gasteiger partial charge in [-0.25, -0.2) is 15.0 Å². The summed E-state index contributed by atoms with van der Waals surface area (Å²) in [6, 6.07) is 6.62. The van der Waals surface area contributed by atoms with Crippen LogP contribution in [-0.2, 0) is 6.54 Å². The van der Waals surface area contributed by atoms with Crippen molar-refractivity contribution in [3.05, 3.63) is 64.6 Å². The van der Waals surface area contributed by atoms with Gasteiger partial charge in [0, 0.05) is 24.0 Å². The van der Waals surface area contributed by atoms with Crippen LogP contribution in [0.15, 0.2) is 47.7 Å². The van der Waals surface area contributed by atoms with Gasteiger partial charge < -0.3 is 5.73 Å². The highest BCUT2D eigenvalue weighted by molar-refractivity contribution is 5.95. The molecule has 0 saturated carbocycles. The summed E-state index contributed by atoms with van der Waals surface area (Å²) < 4.78 is 1.35. The van der Waals surface area contributed by atoms with Gasteiger partial charge in [-0.05, 0) is 24.3 Å². The molecule has 0 aliphatic rings. The third kappa shape index (κ3) is 2.36. The molecule has 7 heteroatoms. The van der Waals surface area contributed by atoms with Crippen molar-refractivity contribution in [2.45, 2.75) is 6.54 Å². The Kier molecular flexibility index (Phi) is 3.15. The number of aromatic nitrogens is 4. The summed E-state index contributed by atoms with van der Waals surface area (Å²) in [4.78, 5) is 36.2. The van der Waals surface area contributed by atoms with E-state index in [1.54, 1.807) is 36.8 Å².